The minimum Gasteiger partial charge on any atom is -0.390 e. The number of hydrogen-bond acceptors (Lipinski definition) is 3. The van der Waals surface area contributed by atoms with Crippen molar-refractivity contribution in [3.8, 4) is 0 Å². The molecule has 0 spiro atoms. The highest BCUT2D eigenvalue weighted by Gasteiger charge is 2.00. The maximum atomic E-state index is 12.7. The maximum Gasteiger partial charge on any atom is 0.125 e. The second-order valence-corrected chi connectivity index (χ2v) is 2.13. The Labute approximate surface area is 74.0 Å². The van der Waals surface area contributed by atoms with Crippen LogP contribution in [-0.2, 0) is 0 Å². The molecule has 0 aliphatic rings. The van der Waals surface area contributed by atoms with Crippen molar-refractivity contribution in [1.29, 1.82) is 0 Å². The van der Waals surface area contributed by atoms with E-state index in [4.69, 9.17) is 11.6 Å². The maximum absolute atomic E-state index is 12.7. The van der Waals surface area contributed by atoms with Crippen LogP contribution >= 0.6 is 0 Å². The molecule has 0 aliphatic carbocycles. The number of halogens is 1. The minimum atomic E-state index is -0.420. The summed E-state index contributed by atoms with van der Waals surface area (Å²) in [6.07, 6.45) is 1.05. The lowest BCUT2D eigenvalue weighted by atomic mass is 10.3. The van der Waals surface area contributed by atoms with E-state index in [9.17, 15) is 4.39 Å². The summed E-state index contributed by atoms with van der Waals surface area (Å²) in [4.78, 5) is 3.69. The van der Waals surface area contributed by atoms with Crippen LogP contribution in [0.3, 0.4) is 0 Å². The summed E-state index contributed by atoms with van der Waals surface area (Å²) in [5.41, 5.74) is 5.71. The van der Waals surface area contributed by atoms with Gasteiger partial charge in [0.1, 0.15) is 11.5 Å². The molecule has 0 atom stereocenters. The number of hydrogen-bond donors (Lipinski definition) is 2. The Kier molecular flexibility index (Phi) is 2.91. The Balaban J connectivity index is 3.18. The largest absolute Gasteiger partial charge is 0.390 e. The summed E-state index contributed by atoms with van der Waals surface area (Å²) in [6, 6.07) is 3.83. The van der Waals surface area contributed by atoms with Gasteiger partial charge in [-0.05, 0) is 12.1 Å². The molecule has 1 aromatic rings. The molecule has 13 heavy (non-hydrogen) atoms. The van der Waals surface area contributed by atoms with Gasteiger partial charge in [0.05, 0.1) is 12.0 Å². The summed E-state index contributed by atoms with van der Waals surface area (Å²) < 4.78 is 12.7. The molecule has 6 heteroatoms. The van der Waals surface area contributed by atoms with E-state index in [1.54, 1.807) is 0 Å². The molecule has 4 N–H and O–H groups in total. The van der Waals surface area contributed by atoms with Gasteiger partial charge in [-0.15, -0.1) is 5.11 Å². The monoisotopic (exact) mass is 181 g/mol. The summed E-state index contributed by atoms with van der Waals surface area (Å²) in [7, 11) is 0. The van der Waals surface area contributed by atoms with Gasteiger partial charge in [0.2, 0.25) is 0 Å². The normalized spacial score (nSPS) is 11.5. The average Bonchev–Trinajstić information content (AvgIpc) is 2.10. The topological polar surface area (TPSA) is 89.1 Å². The van der Waals surface area contributed by atoms with Crippen molar-refractivity contribution in [1.82, 2.24) is 0 Å². The fourth-order valence-corrected chi connectivity index (χ4v) is 0.827. The molecule has 0 aliphatic heterocycles. The van der Waals surface area contributed by atoms with E-state index in [1.807, 2.05) is 0 Å². The van der Waals surface area contributed by atoms with Gasteiger partial charge < -0.3 is 11.6 Å². The van der Waals surface area contributed by atoms with Crippen LogP contribution in [0.15, 0.2) is 33.5 Å². The van der Waals surface area contributed by atoms with E-state index in [0.717, 1.165) is 6.34 Å². The molecule has 0 bridgehead atoms. The van der Waals surface area contributed by atoms with Crippen molar-refractivity contribution in [3.63, 3.8) is 0 Å². The van der Waals surface area contributed by atoms with Gasteiger partial charge in [0.15, 0.2) is 0 Å². The molecule has 0 saturated heterocycles. The van der Waals surface area contributed by atoms with Gasteiger partial charge in [-0.25, -0.2) is 9.38 Å². The molecule has 68 valence electrons. The van der Waals surface area contributed by atoms with Crippen LogP contribution in [0.25, 0.3) is 0 Å². The fourth-order valence-electron chi connectivity index (χ4n) is 0.827. The number of nitrogens with two attached hydrogens (primary N) is 2. The zero-order valence-corrected chi connectivity index (χ0v) is 6.68. The first-order chi connectivity index (χ1) is 6.27. The van der Waals surface area contributed by atoms with Crippen LogP contribution in [0.5, 0.6) is 0 Å². The molecule has 5 nitrogen and oxygen atoms in total. The molecule has 1 rings (SSSR count). The number of benzene rings is 1. The Bertz CT molecular complexity index is 347. The third kappa shape index (κ3) is 2.22. The van der Waals surface area contributed by atoms with Crippen molar-refractivity contribution in [2.75, 3.05) is 0 Å². The first kappa shape index (κ1) is 9.11. The Morgan fingerprint density at radius 1 is 1.31 bits per heavy atom. The van der Waals surface area contributed by atoms with E-state index >= 15 is 0 Å². The first-order valence-electron chi connectivity index (χ1n) is 3.42. The van der Waals surface area contributed by atoms with Gasteiger partial charge in [-0.3, -0.25) is 0 Å². The van der Waals surface area contributed by atoms with Crippen LogP contribution in [-0.4, -0.2) is 6.34 Å². The summed E-state index contributed by atoms with van der Waals surface area (Å²) in [5, 5.41) is 6.60. The van der Waals surface area contributed by atoms with Crippen LogP contribution in [0.4, 0.5) is 15.8 Å². The number of aliphatic imine (C=N–C) groups is 1. The van der Waals surface area contributed by atoms with Crippen LogP contribution in [0.2, 0.25) is 0 Å². The van der Waals surface area contributed by atoms with E-state index in [2.05, 4.69) is 15.3 Å². The van der Waals surface area contributed by atoms with E-state index < -0.39 is 5.82 Å². The van der Waals surface area contributed by atoms with Gasteiger partial charge in [0, 0.05) is 6.07 Å². The van der Waals surface area contributed by atoms with Gasteiger partial charge in [0.25, 0.3) is 0 Å². The number of rotatable bonds is 2. The SMILES string of the molecule is NC=Nc1cc(F)ccc1N=NN. The smallest absolute Gasteiger partial charge is 0.125 e. The van der Waals surface area contributed by atoms with Crippen LogP contribution in [0, 0.1) is 5.82 Å². The van der Waals surface area contributed by atoms with E-state index in [0.29, 0.717) is 5.69 Å². The minimum absolute atomic E-state index is 0.289. The second kappa shape index (κ2) is 4.15. The summed E-state index contributed by atoms with van der Waals surface area (Å²) in [6.45, 7) is 0. The lowest BCUT2D eigenvalue weighted by Crippen LogP contribution is -1.87. The lowest BCUT2D eigenvalue weighted by molar-refractivity contribution is 0.628. The molecule has 0 radical (unpaired) electrons. The molecule has 0 heterocycles. The van der Waals surface area contributed by atoms with Gasteiger partial charge >= 0.3 is 0 Å². The van der Waals surface area contributed by atoms with Gasteiger partial charge in [-0.1, -0.05) is 5.22 Å². The highest BCUT2D eigenvalue weighted by molar-refractivity contribution is 5.68. The Morgan fingerprint density at radius 3 is 2.69 bits per heavy atom. The molecule has 0 aromatic heterocycles. The molecule has 1 aromatic carbocycles. The van der Waals surface area contributed by atoms with Crippen LogP contribution in [0.1, 0.15) is 0 Å². The third-order valence-corrected chi connectivity index (χ3v) is 1.32. The Morgan fingerprint density at radius 2 is 2.08 bits per heavy atom. The highest BCUT2D eigenvalue weighted by atomic mass is 19.1. The first-order valence-corrected chi connectivity index (χ1v) is 3.42. The third-order valence-electron chi connectivity index (χ3n) is 1.32. The predicted molar refractivity (Wildman–Crippen MR) is 47.4 cm³/mol. The highest BCUT2D eigenvalue weighted by Crippen LogP contribution is 2.27. The standard InChI is InChI=1S/C7H8FN5/c8-5-1-2-6(12-13-10)7(3-5)11-4-9/h1-4H,(H2,9,11)(H2,10,12). The van der Waals surface area contributed by atoms with Crippen molar-refractivity contribution < 1.29 is 4.39 Å². The molecule has 0 amide bonds. The van der Waals surface area contributed by atoms with Crippen molar-refractivity contribution in [2.24, 2.45) is 26.9 Å². The summed E-state index contributed by atoms with van der Waals surface area (Å²) in [5.74, 6) is 4.43. The predicted octanol–water partition coefficient (Wildman–Crippen LogP) is 1.40. The molecular weight excluding hydrogens is 173 g/mol. The molecule has 0 fully saturated rings. The molecule has 0 unspecified atom stereocenters. The van der Waals surface area contributed by atoms with Crippen molar-refractivity contribution >= 4 is 17.7 Å². The average molecular weight is 181 g/mol. The van der Waals surface area contributed by atoms with Gasteiger partial charge in [-0.2, -0.15) is 0 Å². The fraction of sp³-hybridized carbons (Fsp3) is 0. The summed E-state index contributed by atoms with van der Waals surface area (Å²) >= 11 is 0. The molecule has 0 saturated carbocycles. The van der Waals surface area contributed by atoms with E-state index in [1.165, 1.54) is 18.2 Å². The van der Waals surface area contributed by atoms with Crippen molar-refractivity contribution in [3.05, 3.63) is 24.0 Å². The quantitative estimate of drug-likeness (QED) is 0.237. The zero-order valence-electron chi connectivity index (χ0n) is 6.68. The van der Waals surface area contributed by atoms with Crippen molar-refractivity contribution in [2.45, 2.75) is 0 Å². The Hall–Kier alpha value is -1.98. The zero-order chi connectivity index (χ0) is 9.68. The van der Waals surface area contributed by atoms with E-state index in [-0.39, 0.29) is 5.69 Å². The second-order valence-electron chi connectivity index (χ2n) is 2.13. The number of nitrogens with zero attached hydrogens (tertiary/aromatic N) is 3. The lowest BCUT2D eigenvalue weighted by Gasteiger charge is -1.97. The van der Waals surface area contributed by atoms with Crippen LogP contribution < -0.4 is 11.6 Å². The molecular formula is C7H8FN5.